The van der Waals surface area contributed by atoms with Crippen molar-refractivity contribution in [3.05, 3.63) is 65.5 Å². The van der Waals surface area contributed by atoms with Crippen molar-refractivity contribution in [3.63, 3.8) is 0 Å². The molecular weight excluding hydrogens is 361 g/mol. The number of benzene rings is 2. The lowest BCUT2D eigenvalue weighted by atomic mass is 10.0. The smallest absolute Gasteiger partial charge is 0.319 e. The first-order chi connectivity index (χ1) is 13.5. The average molecular weight is 385 g/mol. The lowest BCUT2D eigenvalue weighted by Gasteiger charge is -2.27. The summed E-state index contributed by atoms with van der Waals surface area (Å²) in [6.45, 7) is 0.734. The van der Waals surface area contributed by atoms with E-state index in [1.54, 1.807) is 38.2 Å². The molecule has 1 aliphatic rings. The number of hydrogen-bond acceptors (Lipinski definition) is 4. The number of urea groups is 1. The normalized spacial score (nSPS) is 15.6. The summed E-state index contributed by atoms with van der Waals surface area (Å²) in [4.78, 5) is 21.4. The Morgan fingerprint density at radius 2 is 1.93 bits per heavy atom. The summed E-state index contributed by atoms with van der Waals surface area (Å²) in [5, 5.41) is 4.21. The maximum Gasteiger partial charge on any atom is 0.319 e. The van der Waals surface area contributed by atoms with Crippen molar-refractivity contribution in [3.8, 4) is 5.75 Å². The molecule has 28 heavy (non-hydrogen) atoms. The average Bonchev–Trinajstić information content (AvgIpc) is 3.16. The third-order valence-corrected chi connectivity index (χ3v) is 4.51. The fraction of sp³-hybridized carbons (Fsp3) is 0.333. The lowest BCUT2D eigenvalue weighted by Crippen LogP contribution is -2.42. The van der Waals surface area contributed by atoms with Crippen molar-refractivity contribution in [1.29, 1.82) is 0 Å². The minimum Gasteiger partial charge on any atom is -0.496 e. The van der Waals surface area contributed by atoms with E-state index in [0.29, 0.717) is 19.5 Å². The van der Waals surface area contributed by atoms with Gasteiger partial charge in [0, 0.05) is 32.6 Å². The first-order valence-corrected chi connectivity index (χ1v) is 9.04. The minimum atomic E-state index is -0.303. The number of ether oxygens (including phenoxy) is 1. The van der Waals surface area contributed by atoms with Gasteiger partial charge in [0.2, 0.25) is 0 Å². The van der Waals surface area contributed by atoms with Crippen molar-refractivity contribution in [1.82, 2.24) is 9.80 Å². The number of carbonyl (C=O) groups is 1. The van der Waals surface area contributed by atoms with Crippen LogP contribution in [0.2, 0.25) is 0 Å². The number of hydrogen-bond donors (Lipinski definition) is 0. The lowest BCUT2D eigenvalue weighted by molar-refractivity contribution is 0.0551. The van der Waals surface area contributed by atoms with Crippen LogP contribution in [0.1, 0.15) is 17.5 Å². The molecule has 0 fully saturated rings. The van der Waals surface area contributed by atoms with Gasteiger partial charge in [0.1, 0.15) is 11.6 Å². The molecule has 3 rings (SSSR count). The predicted octanol–water partition coefficient (Wildman–Crippen LogP) is 3.51. The molecule has 1 heterocycles. The standard InChI is InChI=1S/C21H24FN3O3/c1-24(2)21(26)25(13-15-8-10-16(22)11-9-15)14-17-12-19(23-28-17)18-6-4-5-7-20(18)27-3/h4-11,17H,12-14H2,1-3H3. The van der Waals surface area contributed by atoms with Crippen LogP contribution in [-0.4, -0.2) is 55.4 Å². The van der Waals surface area contributed by atoms with Crippen molar-refractivity contribution < 1.29 is 18.8 Å². The molecule has 0 saturated heterocycles. The highest BCUT2D eigenvalue weighted by atomic mass is 19.1. The van der Waals surface area contributed by atoms with Gasteiger partial charge in [0.25, 0.3) is 0 Å². The summed E-state index contributed by atoms with van der Waals surface area (Å²) in [6, 6.07) is 13.6. The summed E-state index contributed by atoms with van der Waals surface area (Å²) < 4.78 is 18.6. The molecule has 1 unspecified atom stereocenters. The molecular formula is C21H24FN3O3. The number of rotatable bonds is 6. The molecule has 2 aromatic carbocycles. The van der Waals surface area contributed by atoms with Gasteiger partial charge in [0.05, 0.1) is 19.4 Å². The Balaban J connectivity index is 1.70. The van der Waals surface area contributed by atoms with Crippen molar-refractivity contribution in [2.24, 2.45) is 5.16 Å². The van der Waals surface area contributed by atoms with Gasteiger partial charge < -0.3 is 19.4 Å². The Hall–Kier alpha value is -3.09. The zero-order valence-electron chi connectivity index (χ0n) is 16.3. The highest BCUT2D eigenvalue weighted by Gasteiger charge is 2.28. The van der Waals surface area contributed by atoms with E-state index in [1.807, 2.05) is 24.3 Å². The number of para-hydroxylation sites is 1. The number of carbonyl (C=O) groups excluding carboxylic acids is 1. The van der Waals surface area contributed by atoms with Gasteiger partial charge in [-0.25, -0.2) is 9.18 Å². The van der Waals surface area contributed by atoms with Crippen molar-refractivity contribution in [2.45, 2.75) is 19.1 Å². The first kappa shape index (κ1) is 19.7. The van der Waals surface area contributed by atoms with Crippen LogP contribution < -0.4 is 4.74 Å². The summed E-state index contributed by atoms with van der Waals surface area (Å²) in [6.07, 6.45) is 0.310. The van der Waals surface area contributed by atoms with Crippen molar-refractivity contribution >= 4 is 11.7 Å². The fourth-order valence-corrected chi connectivity index (χ4v) is 3.12. The molecule has 0 bridgehead atoms. The van der Waals surface area contributed by atoms with Gasteiger partial charge in [-0.2, -0.15) is 0 Å². The van der Waals surface area contributed by atoms with Crippen LogP contribution in [0.5, 0.6) is 5.75 Å². The second-order valence-electron chi connectivity index (χ2n) is 6.85. The van der Waals surface area contributed by atoms with E-state index < -0.39 is 0 Å². The third-order valence-electron chi connectivity index (χ3n) is 4.51. The molecule has 7 heteroatoms. The van der Waals surface area contributed by atoms with E-state index in [9.17, 15) is 9.18 Å². The first-order valence-electron chi connectivity index (χ1n) is 9.04. The SMILES string of the molecule is COc1ccccc1C1=NOC(CN(Cc2ccc(F)cc2)C(=O)N(C)C)C1. The highest BCUT2D eigenvalue weighted by Crippen LogP contribution is 2.25. The van der Waals surface area contributed by atoms with Gasteiger partial charge in [0.15, 0.2) is 6.10 Å². The monoisotopic (exact) mass is 385 g/mol. The Bertz CT molecular complexity index is 852. The van der Waals surface area contributed by atoms with E-state index in [2.05, 4.69) is 5.16 Å². The molecule has 1 aliphatic heterocycles. The highest BCUT2D eigenvalue weighted by molar-refractivity contribution is 6.03. The van der Waals surface area contributed by atoms with Gasteiger partial charge in [-0.1, -0.05) is 29.4 Å². The quantitative estimate of drug-likeness (QED) is 0.765. The molecule has 0 aromatic heterocycles. The minimum absolute atomic E-state index is 0.140. The molecule has 0 saturated carbocycles. The summed E-state index contributed by atoms with van der Waals surface area (Å²) in [5.74, 6) is 0.432. The summed E-state index contributed by atoms with van der Waals surface area (Å²) >= 11 is 0. The number of amides is 2. The zero-order valence-corrected chi connectivity index (χ0v) is 16.3. The van der Waals surface area contributed by atoms with Crippen LogP contribution in [-0.2, 0) is 11.4 Å². The molecule has 2 amide bonds. The predicted molar refractivity (Wildman–Crippen MR) is 105 cm³/mol. The molecule has 0 aliphatic carbocycles. The summed E-state index contributed by atoms with van der Waals surface area (Å²) in [7, 11) is 5.02. The second kappa shape index (κ2) is 8.73. The van der Waals surface area contributed by atoms with Gasteiger partial charge in [-0.05, 0) is 29.8 Å². The van der Waals surface area contributed by atoms with Crippen LogP contribution >= 0.6 is 0 Å². The Morgan fingerprint density at radius 3 is 2.61 bits per heavy atom. The van der Waals surface area contributed by atoms with Crippen molar-refractivity contribution in [2.75, 3.05) is 27.7 Å². The maximum absolute atomic E-state index is 13.2. The number of nitrogens with zero attached hydrogens (tertiary/aromatic N) is 3. The second-order valence-corrected chi connectivity index (χ2v) is 6.85. The van der Waals surface area contributed by atoms with E-state index in [-0.39, 0.29) is 18.0 Å². The molecule has 0 spiro atoms. The Labute approximate surface area is 164 Å². The van der Waals surface area contributed by atoms with Crippen LogP contribution in [0.15, 0.2) is 53.7 Å². The number of oxime groups is 1. The zero-order chi connectivity index (χ0) is 20.1. The third kappa shape index (κ3) is 4.60. The topological polar surface area (TPSA) is 54.4 Å². The van der Waals surface area contributed by atoms with E-state index >= 15 is 0 Å². The van der Waals surface area contributed by atoms with Crippen LogP contribution in [0.25, 0.3) is 0 Å². The number of halogens is 1. The van der Waals surface area contributed by atoms with Crippen LogP contribution in [0.3, 0.4) is 0 Å². The van der Waals surface area contributed by atoms with Gasteiger partial charge >= 0.3 is 6.03 Å². The van der Waals surface area contributed by atoms with Gasteiger partial charge in [-0.15, -0.1) is 0 Å². The van der Waals surface area contributed by atoms with Gasteiger partial charge in [-0.3, -0.25) is 0 Å². The Kier molecular flexibility index (Phi) is 6.13. The molecule has 1 atom stereocenters. The van der Waals surface area contributed by atoms with E-state index in [4.69, 9.17) is 9.57 Å². The Morgan fingerprint density at radius 1 is 1.21 bits per heavy atom. The van der Waals surface area contributed by atoms with Crippen LogP contribution in [0.4, 0.5) is 9.18 Å². The largest absolute Gasteiger partial charge is 0.496 e. The molecule has 6 nitrogen and oxygen atoms in total. The molecule has 0 radical (unpaired) electrons. The van der Waals surface area contributed by atoms with E-state index in [0.717, 1.165) is 22.6 Å². The number of methoxy groups -OCH3 is 1. The van der Waals surface area contributed by atoms with Crippen LogP contribution in [0, 0.1) is 5.82 Å². The maximum atomic E-state index is 13.2. The molecule has 0 N–H and O–H groups in total. The van der Waals surface area contributed by atoms with E-state index in [1.165, 1.54) is 17.0 Å². The molecule has 148 valence electrons. The fourth-order valence-electron chi connectivity index (χ4n) is 3.12. The molecule has 2 aromatic rings. The summed E-state index contributed by atoms with van der Waals surface area (Å²) in [5.41, 5.74) is 2.53.